The Balaban J connectivity index is 2.95. The number of hydrogen-bond acceptors (Lipinski definition) is 2. The SMILES string of the molecule is Cc1cc2cc(Cl)ccc2c(=O)o1. The summed E-state index contributed by atoms with van der Waals surface area (Å²) in [5, 5.41) is 2.01. The van der Waals surface area contributed by atoms with Gasteiger partial charge >= 0.3 is 5.63 Å². The van der Waals surface area contributed by atoms with Crippen LogP contribution >= 0.6 is 11.6 Å². The minimum atomic E-state index is -0.313. The largest absolute Gasteiger partial charge is 0.428 e. The fourth-order valence-corrected chi connectivity index (χ4v) is 1.47. The van der Waals surface area contributed by atoms with Crippen molar-refractivity contribution in [3.63, 3.8) is 0 Å². The predicted molar refractivity (Wildman–Crippen MR) is 52.2 cm³/mol. The maximum Gasteiger partial charge on any atom is 0.343 e. The fraction of sp³-hybridized carbons (Fsp3) is 0.100. The third-order valence-corrected chi connectivity index (χ3v) is 2.08. The Morgan fingerprint density at radius 1 is 1.31 bits per heavy atom. The second kappa shape index (κ2) is 2.89. The van der Waals surface area contributed by atoms with Crippen molar-refractivity contribution in [2.75, 3.05) is 0 Å². The highest BCUT2D eigenvalue weighted by Crippen LogP contribution is 2.17. The summed E-state index contributed by atoms with van der Waals surface area (Å²) in [5.41, 5.74) is -0.313. The fourth-order valence-electron chi connectivity index (χ4n) is 1.29. The van der Waals surface area contributed by atoms with Gasteiger partial charge in [0.2, 0.25) is 0 Å². The first kappa shape index (κ1) is 8.32. The van der Waals surface area contributed by atoms with Crippen LogP contribution < -0.4 is 5.63 Å². The molecule has 1 aromatic carbocycles. The number of halogens is 1. The van der Waals surface area contributed by atoms with E-state index in [0.29, 0.717) is 16.2 Å². The molecule has 0 unspecified atom stereocenters. The summed E-state index contributed by atoms with van der Waals surface area (Å²) >= 11 is 5.79. The predicted octanol–water partition coefficient (Wildman–Crippen LogP) is 2.75. The van der Waals surface area contributed by atoms with Gasteiger partial charge in [0.1, 0.15) is 5.76 Å². The lowest BCUT2D eigenvalue weighted by molar-refractivity contribution is 0.488. The molecule has 0 saturated carbocycles. The molecular formula is C10H7ClO2. The van der Waals surface area contributed by atoms with Crippen LogP contribution in [0.3, 0.4) is 0 Å². The minimum absolute atomic E-state index is 0.313. The molecule has 0 bridgehead atoms. The molecule has 0 atom stereocenters. The molecule has 0 saturated heterocycles. The summed E-state index contributed by atoms with van der Waals surface area (Å²) in [6.45, 7) is 1.74. The standard InChI is InChI=1S/C10H7ClO2/c1-6-4-7-5-8(11)2-3-9(7)10(12)13-6/h2-5H,1H3. The Kier molecular flexibility index (Phi) is 1.85. The normalized spacial score (nSPS) is 10.6. The van der Waals surface area contributed by atoms with Crippen LogP contribution in [0.4, 0.5) is 0 Å². The van der Waals surface area contributed by atoms with Crippen molar-refractivity contribution in [2.45, 2.75) is 6.92 Å². The van der Waals surface area contributed by atoms with Gasteiger partial charge in [-0.25, -0.2) is 4.79 Å². The van der Waals surface area contributed by atoms with E-state index in [9.17, 15) is 4.79 Å². The van der Waals surface area contributed by atoms with Crippen LogP contribution in [0.1, 0.15) is 5.76 Å². The van der Waals surface area contributed by atoms with Gasteiger partial charge in [0.05, 0.1) is 5.39 Å². The highest BCUT2D eigenvalue weighted by atomic mass is 35.5. The van der Waals surface area contributed by atoms with E-state index in [1.807, 2.05) is 0 Å². The zero-order valence-corrected chi connectivity index (χ0v) is 7.76. The Morgan fingerprint density at radius 3 is 2.85 bits per heavy atom. The summed E-state index contributed by atoms with van der Waals surface area (Å²) in [4.78, 5) is 11.3. The van der Waals surface area contributed by atoms with Crippen LogP contribution in [0.25, 0.3) is 10.8 Å². The molecule has 0 N–H and O–H groups in total. The average Bonchev–Trinajstić information content (AvgIpc) is 2.02. The number of fused-ring (bicyclic) bond motifs is 1. The number of aryl methyl sites for hydroxylation is 1. The summed E-state index contributed by atoms with van der Waals surface area (Å²) in [5.74, 6) is 0.597. The van der Waals surface area contributed by atoms with Gasteiger partial charge < -0.3 is 4.42 Å². The maximum atomic E-state index is 11.3. The topological polar surface area (TPSA) is 30.2 Å². The van der Waals surface area contributed by atoms with Crippen LogP contribution in [-0.2, 0) is 0 Å². The number of rotatable bonds is 0. The molecule has 0 radical (unpaired) electrons. The third-order valence-electron chi connectivity index (χ3n) is 1.85. The third kappa shape index (κ3) is 1.45. The van der Waals surface area contributed by atoms with E-state index in [-0.39, 0.29) is 5.63 Å². The van der Waals surface area contributed by atoms with Crippen LogP contribution in [0, 0.1) is 6.92 Å². The Hall–Kier alpha value is -1.28. The number of hydrogen-bond donors (Lipinski definition) is 0. The molecule has 0 fully saturated rings. The first-order chi connectivity index (χ1) is 6.16. The van der Waals surface area contributed by atoms with E-state index in [1.54, 1.807) is 31.2 Å². The average molecular weight is 195 g/mol. The van der Waals surface area contributed by atoms with Crippen molar-refractivity contribution in [1.82, 2.24) is 0 Å². The van der Waals surface area contributed by atoms with Gasteiger partial charge in [0, 0.05) is 5.02 Å². The summed E-state index contributed by atoms with van der Waals surface area (Å²) in [7, 11) is 0. The van der Waals surface area contributed by atoms with Gasteiger partial charge in [0.25, 0.3) is 0 Å². The highest BCUT2D eigenvalue weighted by Gasteiger charge is 2.01. The second-order valence-corrected chi connectivity index (χ2v) is 3.31. The van der Waals surface area contributed by atoms with Gasteiger partial charge in [-0.2, -0.15) is 0 Å². The molecule has 3 heteroatoms. The molecule has 0 aliphatic heterocycles. The molecule has 66 valence electrons. The lowest BCUT2D eigenvalue weighted by Crippen LogP contribution is -1.99. The van der Waals surface area contributed by atoms with E-state index < -0.39 is 0 Å². The smallest absolute Gasteiger partial charge is 0.343 e. The Labute approximate surface area is 79.7 Å². The van der Waals surface area contributed by atoms with E-state index >= 15 is 0 Å². The van der Waals surface area contributed by atoms with Gasteiger partial charge in [-0.05, 0) is 36.6 Å². The first-order valence-electron chi connectivity index (χ1n) is 3.87. The van der Waals surface area contributed by atoms with E-state index in [0.717, 1.165) is 5.39 Å². The van der Waals surface area contributed by atoms with Gasteiger partial charge in [0.15, 0.2) is 0 Å². The number of benzene rings is 1. The van der Waals surface area contributed by atoms with Gasteiger partial charge in [-0.15, -0.1) is 0 Å². The van der Waals surface area contributed by atoms with Crippen molar-refractivity contribution < 1.29 is 4.42 Å². The van der Waals surface area contributed by atoms with Crippen molar-refractivity contribution in [1.29, 1.82) is 0 Å². The molecule has 0 aliphatic rings. The van der Waals surface area contributed by atoms with Crippen LogP contribution in [0.2, 0.25) is 5.02 Å². The van der Waals surface area contributed by atoms with E-state index in [4.69, 9.17) is 16.0 Å². The quantitative estimate of drug-likeness (QED) is 0.646. The Bertz CT molecular complexity index is 509. The lowest BCUT2D eigenvalue weighted by atomic mass is 10.2. The minimum Gasteiger partial charge on any atom is -0.428 e. The van der Waals surface area contributed by atoms with Crippen molar-refractivity contribution in [3.8, 4) is 0 Å². The van der Waals surface area contributed by atoms with Crippen LogP contribution in [-0.4, -0.2) is 0 Å². The molecule has 2 rings (SSSR count). The molecule has 2 nitrogen and oxygen atoms in total. The molecule has 0 amide bonds. The molecule has 0 spiro atoms. The molecule has 1 aromatic heterocycles. The lowest BCUT2D eigenvalue weighted by Gasteiger charge is -1.97. The zero-order valence-electron chi connectivity index (χ0n) is 7.00. The first-order valence-corrected chi connectivity index (χ1v) is 4.24. The van der Waals surface area contributed by atoms with Gasteiger partial charge in [-0.3, -0.25) is 0 Å². The van der Waals surface area contributed by atoms with E-state index in [1.165, 1.54) is 0 Å². The summed E-state index contributed by atoms with van der Waals surface area (Å²) in [6, 6.07) is 6.89. The highest BCUT2D eigenvalue weighted by molar-refractivity contribution is 6.31. The summed E-state index contributed by atoms with van der Waals surface area (Å²) < 4.78 is 4.93. The van der Waals surface area contributed by atoms with Crippen molar-refractivity contribution in [2.24, 2.45) is 0 Å². The second-order valence-electron chi connectivity index (χ2n) is 2.88. The zero-order chi connectivity index (χ0) is 9.42. The van der Waals surface area contributed by atoms with Crippen LogP contribution in [0.15, 0.2) is 33.5 Å². The van der Waals surface area contributed by atoms with Crippen LogP contribution in [0.5, 0.6) is 0 Å². The summed E-state index contributed by atoms with van der Waals surface area (Å²) in [6.07, 6.45) is 0. The molecule has 1 heterocycles. The monoisotopic (exact) mass is 194 g/mol. The maximum absolute atomic E-state index is 11.3. The van der Waals surface area contributed by atoms with Gasteiger partial charge in [-0.1, -0.05) is 11.6 Å². The molecule has 0 aliphatic carbocycles. The Morgan fingerprint density at radius 2 is 2.08 bits per heavy atom. The molecular weight excluding hydrogens is 188 g/mol. The molecule has 2 aromatic rings. The van der Waals surface area contributed by atoms with Crippen molar-refractivity contribution in [3.05, 3.63) is 45.5 Å². The van der Waals surface area contributed by atoms with Crippen molar-refractivity contribution >= 4 is 22.4 Å². The van der Waals surface area contributed by atoms with E-state index in [2.05, 4.69) is 0 Å². The molecule has 13 heavy (non-hydrogen) atoms.